The summed E-state index contributed by atoms with van der Waals surface area (Å²) in [6.45, 7) is 3.74. The van der Waals surface area contributed by atoms with Crippen molar-refractivity contribution in [1.82, 2.24) is 9.80 Å². The molecule has 0 spiro atoms. The molecule has 2 heterocycles. The number of benzene rings is 1. The molecule has 1 aromatic carbocycles. The second kappa shape index (κ2) is 8.82. The van der Waals surface area contributed by atoms with E-state index in [4.69, 9.17) is 9.15 Å². The maximum Gasteiger partial charge on any atom is 0.254 e. The molecule has 6 heteroatoms. The van der Waals surface area contributed by atoms with E-state index < -0.39 is 0 Å². The van der Waals surface area contributed by atoms with E-state index >= 15 is 0 Å². The van der Waals surface area contributed by atoms with Gasteiger partial charge in [-0.2, -0.15) is 0 Å². The van der Waals surface area contributed by atoms with Crippen molar-refractivity contribution < 1.29 is 18.7 Å². The molecule has 154 valence electrons. The summed E-state index contributed by atoms with van der Waals surface area (Å²) in [7, 11) is 0. The molecule has 2 aliphatic rings. The third-order valence-electron chi connectivity index (χ3n) is 5.58. The van der Waals surface area contributed by atoms with Crippen molar-refractivity contribution >= 4 is 11.8 Å². The SMILES string of the molecule is Cc1ccc(C(=O)N(CC(=O)N(Cc2ccco2)CC2CCCO2)C2CC2)cc1. The second-order valence-corrected chi connectivity index (χ2v) is 8.02. The maximum atomic E-state index is 13.2. The van der Waals surface area contributed by atoms with Crippen LogP contribution in [0, 0.1) is 6.92 Å². The van der Waals surface area contributed by atoms with E-state index in [0.29, 0.717) is 18.7 Å². The minimum absolute atomic E-state index is 0.0519. The molecule has 0 bridgehead atoms. The molecule has 1 atom stereocenters. The smallest absolute Gasteiger partial charge is 0.254 e. The predicted molar refractivity (Wildman–Crippen MR) is 108 cm³/mol. The largest absolute Gasteiger partial charge is 0.467 e. The van der Waals surface area contributed by atoms with Crippen molar-refractivity contribution in [2.75, 3.05) is 19.7 Å². The number of hydrogen-bond donors (Lipinski definition) is 0. The lowest BCUT2D eigenvalue weighted by molar-refractivity contribution is -0.134. The van der Waals surface area contributed by atoms with Gasteiger partial charge in [0.1, 0.15) is 12.3 Å². The van der Waals surface area contributed by atoms with Gasteiger partial charge in [0.2, 0.25) is 5.91 Å². The zero-order valence-electron chi connectivity index (χ0n) is 16.9. The molecule has 4 rings (SSSR count). The standard InChI is InChI=1S/C23H28N2O4/c1-17-6-8-18(9-7-17)23(27)25(19-10-11-19)16-22(26)24(14-20-4-2-12-28-20)15-21-5-3-13-29-21/h2,4,6-9,12,19,21H,3,5,10-11,13-16H2,1H3. The zero-order valence-corrected chi connectivity index (χ0v) is 16.9. The Morgan fingerprint density at radius 2 is 1.90 bits per heavy atom. The van der Waals surface area contributed by atoms with Crippen LogP contribution in [0.5, 0.6) is 0 Å². The number of rotatable bonds is 8. The highest BCUT2D eigenvalue weighted by Gasteiger charge is 2.35. The first-order valence-electron chi connectivity index (χ1n) is 10.4. The van der Waals surface area contributed by atoms with Crippen LogP contribution < -0.4 is 0 Å². The summed E-state index contributed by atoms with van der Waals surface area (Å²) in [6, 6.07) is 11.4. The molecule has 1 saturated carbocycles. The van der Waals surface area contributed by atoms with E-state index in [0.717, 1.165) is 43.6 Å². The molecule has 1 saturated heterocycles. The summed E-state index contributed by atoms with van der Waals surface area (Å²) in [6.07, 6.45) is 5.55. The fraction of sp³-hybridized carbons (Fsp3) is 0.478. The average Bonchev–Trinajstić information content (AvgIpc) is 3.18. The van der Waals surface area contributed by atoms with Gasteiger partial charge in [-0.3, -0.25) is 9.59 Å². The number of aryl methyl sites for hydroxylation is 1. The molecule has 2 aromatic rings. The third kappa shape index (κ3) is 5.07. The summed E-state index contributed by atoms with van der Waals surface area (Å²) in [5.41, 5.74) is 1.74. The number of amides is 2. The quantitative estimate of drug-likeness (QED) is 0.686. The number of carbonyl (C=O) groups excluding carboxylic acids is 2. The van der Waals surface area contributed by atoms with Crippen LogP contribution in [0.25, 0.3) is 0 Å². The van der Waals surface area contributed by atoms with E-state index in [1.165, 1.54) is 0 Å². The van der Waals surface area contributed by atoms with Crippen molar-refractivity contribution in [3.63, 3.8) is 0 Å². The first-order valence-corrected chi connectivity index (χ1v) is 10.4. The van der Waals surface area contributed by atoms with Gasteiger partial charge in [0, 0.05) is 24.8 Å². The van der Waals surface area contributed by atoms with Crippen LogP contribution in [0.2, 0.25) is 0 Å². The summed E-state index contributed by atoms with van der Waals surface area (Å²) >= 11 is 0. The molecular formula is C23H28N2O4. The number of carbonyl (C=O) groups is 2. The molecule has 6 nitrogen and oxygen atoms in total. The van der Waals surface area contributed by atoms with Crippen LogP contribution in [0.4, 0.5) is 0 Å². The van der Waals surface area contributed by atoms with Crippen molar-refractivity contribution in [3.8, 4) is 0 Å². The molecule has 1 unspecified atom stereocenters. The predicted octanol–water partition coefficient (Wildman–Crippen LogP) is 3.40. The van der Waals surface area contributed by atoms with E-state index in [1.807, 2.05) is 43.3 Å². The molecular weight excluding hydrogens is 368 g/mol. The maximum absolute atomic E-state index is 13.2. The minimum Gasteiger partial charge on any atom is -0.467 e. The van der Waals surface area contributed by atoms with Gasteiger partial charge in [-0.15, -0.1) is 0 Å². The van der Waals surface area contributed by atoms with Crippen molar-refractivity contribution in [2.45, 2.75) is 51.3 Å². The molecule has 1 aliphatic heterocycles. The van der Waals surface area contributed by atoms with Gasteiger partial charge in [-0.25, -0.2) is 0 Å². The lowest BCUT2D eigenvalue weighted by Crippen LogP contribution is -2.45. The molecule has 2 fully saturated rings. The molecule has 29 heavy (non-hydrogen) atoms. The molecule has 0 N–H and O–H groups in total. The second-order valence-electron chi connectivity index (χ2n) is 8.02. The Labute approximate surface area is 171 Å². The number of nitrogens with zero attached hydrogens (tertiary/aromatic N) is 2. The Morgan fingerprint density at radius 3 is 2.52 bits per heavy atom. The Morgan fingerprint density at radius 1 is 1.10 bits per heavy atom. The summed E-state index contributed by atoms with van der Waals surface area (Å²) in [4.78, 5) is 29.8. The Balaban J connectivity index is 1.47. The Hall–Kier alpha value is -2.60. The summed E-state index contributed by atoms with van der Waals surface area (Å²) in [5, 5.41) is 0. The summed E-state index contributed by atoms with van der Waals surface area (Å²) < 4.78 is 11.2. The fourth-order valence-electron chi connectivity index (χ4n) is 3.74. The van der Waals surface area contributed by atoms with Crippen LogP contribution in [-0.4, -0.2) is 53.5 Å². The lowest BCUT2D eigenvalue weighted by atomic mass is 10.1. The van der Waals surface area contributed by atoms with Crippen LogP contribution >= 0.6 is 0 Å². The van der Waals surface area contributed by atoms with Crippen molar-refractivity contribution in [1.29, 1.82) is 0 Å². The Kier molecular flexibility index (Phi) is 6.00. The van der Waals surface area contributed by atoms with Gasteiger partial charge in [-0.1, -0.05) is 17.7 Å². The van der Waals surface area contributed by atoms with E-state index in [2.05, 4.69) is 0 Å². The first-order chi connectivity index (χ1) is 14.1. The highest BCUT2D eigenvalue weighted by Crippen LogP contribution is 2.28. The third-order valence-corrected chi connectivity index (χ3v) is 5.58. The molecule has 2 amide bonds. The topological polar surface area (TPSA) is 63.0 Å². The molecule has 1 aliphatic carbocycles. The first kappa shape index (κ1) is 19.7. The zero-order chi connectivity index (χ0) is 20.2. The van der Waals surface area contributed by atoms with Crippen LogP contribution in [0.1, 0.15) is 47.4 Å². The van der Waals surface area contributed by atoms with Crippen LogP contribution in [0.15, 0.2) is 47.1 Å². The van der Waals surface area contributed by atoms with Gasteiger partial charge in [0.15, 0.2) is 0 Å². The normalized spacial score (nSPS) is 18.6. The van der Waals surface area contributed by atoms with Crippen molar-refractivity contribution in [2.24, 2.45) is 0 Å². The van der Waals surface area contributed by atoms with E-state index in [-0.39, 0.29) is 30.5 Å². The highest BCUT2D eigenvalue weighted by atomic mass is 16.5. The van der Waals surface area contributed by atoms with Crippen molar-refractivity contribution in [3.05, 3.63) is 59.5 Å². The van der Waals surface area contributed by atoms with Crippen LogP contribution in [0.3, 0.4) is 0 Å². The van der Waals surface area contributed by atoms with Gasteiger partial charge >= 0.3 is 0 Å². The lowest BCUT2D eigenvalue weighted by Gasteiger charge is -2.29. The summed E-state index contributed by atoms with van der Waals surface area (Å²) in [5.74, 6) is 0.597. The molecule has 1 aromatic heterocycles. The van der Waals surface area contributed by atoms with E-state index in [9.17, 15) is 9.59 Å². The van der Waals surface area contributed by atoms with Crippen LogP contribution in [-0.2, 0) is 16.1 Å². The van der Waals surface area contributed by atoms with Gasteiger partial charge < -0.3 is 19.0 Å². The minimum atomic E-state index is -0.0732. The van der Waals surface area contributed by atoms with Gasteiger partial charge in [0.25, 0.3) is 5.91 Å². The van der Waals surface area contributed by atoms with Gasteiger partial charge in [-0.05, 0) is 56.9 Å². The molecule has 0 radical (unpaired) electrons. The fourth-order valence-corrected chi connectivity index (χ4v) is 3.74. The van der Waals surface area contributed by atoms with E-state index in [1.54, 1.807) is 16.1 Å². The highest BCUT2D eigenvalue weighted by molar-refractivity contribution is 5.97. The average molecular weight is 396 g/mol. The monoisotopic (exact) mass is 396 g/mol. The number of ether oxygens (including phenoxy) is 1. The number of furan rings is 1. The Bertz CT molecular complexity index is 821. The number of hydrogen-bond acceptors (Lipinski definition) is 4. The van der Waals surface area contributed by atoms with Gasteiger partial charge in [0.05, 0.1) is 18.9 Å².